The lowest BCUT2D eigenvalue weighted by Gasteiger charge is -2.17. The number of halogens is 12. The first-order valence-corrected chi connectivity index (χ1v) is 45.1. The van der Waals surface area contributed by atoms with Crippen LogP contribution >= 0.6 is 0 Å². The highest BCUT2D eigenvalue weighted by atomic mass is 32.2. The molecular formula is C93H79F12N3O20S4. The maximum atomic E-state index is 13.5. The van der Waals surface area contributed by atoms with Crippen molar-refractivity contribution < 1.29 is 145 Å². The van der Waals surface area contributed by atoms with Gasteiger partial charge in [0.2, 0.25) is 0 Å². The molecule has 0 saturated carbocycles. The molecule has 694 valence electrons. The molecule has 12 aromatic rings. The summed E-state index contributed by atoms with van der Waals surface area (Å²) < 4.78 is 289. The largest absolute Gasteiger partial charge is 0.495 e. The third-order valence-corrected chi connectivity index (χ3v) is 26.5. The van der Waals surface area contributed by atoms with Crippen LogP contribution in [0, 0.1) is 31.7 Å². The Bertz CT molecular complexity index is 6940. The number of nitrogens with two attached hydrogens (primary N) is 1. The Hall–Kier alpha value is -14.0. The number of rotatable bonds is 26. The van der Waals surface area contributed by atoms with Crippen molar-refractivity contribution in [3.63, 3.8) is 0 Å². The maximum absolute atomic E-state index is 13.5. The number of carboxylic acids is 4. The Balaban J connectivity index is 0.000000198. The third-order valence-electron chi connectivity index (χ3n) is 19.8. The fourth-order valence-corrected chi connectivity index (χ4v) is 19.8. The second-order valence-corrected chi connectivity index (χ2v) is 37.4. The number of aryl methyl sites for hydroxylation is 2. The topological polar surface area (TPSA) is 367 Å². The molecule has 12 rings (SSSR count). The summed E-state index contributed by atoms with van der Waals surface area (Å²) in [5.74, 6) is -6.21. The highest BCUT2D eigenvalue weighted by Crippen LogP contribution is 2.44. The number of aromatic nitrogens is 2. The second-order valence-electron chi connectivity index (χ2n) is 29.5. The average Bonchev–Trinajstić information content (AvgIpc) is 1.55. The molecule has 132 heavy (non-hydrogen) atoms. The van der Waals surface area contributed by atoms with Crippen molar-refractivity contribution >= 4 is 63.2 Å². The lowest BCUT2D eigenvalue weighted by molar-refractivity contribution is -0.138. The molecule has 0 saturated heterocycles. The molecule has 0 fully saturated rings. The molecule has 0 atom stereocenters. The van der Waals surface area contributed by atoms with Crippen molar-refractivity contribution in [1.82, 2.24) is 9.78 Å². The van der Waals surface area contributed by atoms with Crippen molar-refractivity contribution in [3.8, 4) is 79.6 Å². The molecule has 6 N–H and O–H groups in total. The minimum atomic E-state index is -4.70. The lowest BCUT2D eigenvalue weighted by atomic mass is 9.95. The van der Waals surface area contributed by atoms with E-state index in [0.29, 0.717) is 45.6 Å². The zero-order valence-electron chi connectivity index (χ0n) is 70.5. The van der Waals surface area contributed by atoms with Crippen molar-refractivity contribution in [1.29, 1.82) is 0 Å². The molecular weight excluding hydrogens is 1840 g/mol. The van der Waals surface area contributed by atoms with Gasteiger partial charge in [-0.15, -0.1) is 0 Å². The summed E-state index contributed by atoms with van der Waals surface area (Å²) in [4.78, 5) is 43.6. The monoisotopic (exact) mass is 1910 g/mol. The predicted octanol–water partition coefficient (Wildman–Crippen LogP) is 19.9. The number of ether oxygens (including phenoxy) is 4. The number of carbonyl (C=O) groups is 4. The average molecular weight is 1910 g/mol. The van der Waals surface area contributed by atoms with E-state index < -0.39 is 153 Å². The van der Waals surface area contributed by atoms with Crippen LogP contribution in [0.15, 0.2) is 250 Å². The minimum absolute atomic E-state index is 0.0584. The summed E-state index contributed by atoms with van der Waals surface area (Å²) in [5.41, 5.74) is 5.11. The molecule has 0 unspecified atom stereocenters. The fourth-order valence-electron chi connectivity index (χ4n) is 13.6. The second kappa shape index (κ2) is 41.4. The fraction of sp³-hybridized carbons (Fsp3) is 0.194. The first kappa shape index (κ1) is 102. The van der Waals surface area contributed by atoms with Gasteiger partial charge >= 0.3 is 48.6 Å². The van der Waals surface area contributed by atoms with Gasteiger partial charge in [-0.25, -0.2) is 52.8 Å². The van der Waals surface area contributed by atoms with Crippen molar-refractivity contribution in [2.75, 3.05) is 28.4 Å². The number of sulfone groups is 4. The number of alkyl halides is 12. The standard InChI is InChI=1S/C24H18F3NO5S.C23H23F3N2O5S.2C23H19F3O5S/c1-33-21-8-5-17(23(29)30)13-22(21)34(31,32)14-18-12-19(24(25,26)27)6-7-20(18)16-4-2-3-15(11-16)9-10-28;1-14(2)12-28-19(8-9-27-28)18-6-5-17(23(24,25)26)10-16(18)13-34(31,32)21-11-15(22(29)30)4-7-20(21)33-3;1-14-4-3-5-15(10-14)19-8-7-18(23(24,25)26)11-17(19)13-32(29,30)21-12-16(22(27)28)6-9-20(21)31-2;1-14-5-3-4-6-18(14)19-9-8-17(23(24,25)26)11-16(19)13-32(29,30)21-12-15(22(27)28)7-10-20(21)31-2/h2-8,11-13H,14,28H2,1H3,(H,29,30);4-11,14H,12-13H2,1-3H3,(H,29,30);2*3-12H,13H2,1-2H3,(H,27,28). The van der Waals surface area contributed by atoms with E-state index in [9.17, 15) is 126 Å². The van der Waals surface area contributed by atoms with Gasteiger partial charge in [0, 0.05) is 29.9 Å². The molecule has 0 bridgehead atoms. The van der Waals surface area contributed by atoms with Gasteiger partial charge in [0.1, 0.15) is 42.6 Å². The van der Waals surface area contributed by atoms with Gasteiger partial charge < -0.3 is 45.1 Å². The van der Waals surface area contributed by atoms with E-state index in [1.165, 1.54) is 107 Å². The summed E-state index contributed by atoms with van der Waals surface area (Å²) in [6, 6.07) is 49.0. The molecule has 0 radical (unpaired) electrons. The molecule has 0 aliphatic rings. The predicted molar refractivity (Wildman–Crippen MR) is 462 cm³/mol. The first-order chi connectivity index (χ1) is 61.6. The Morgan fingerprint density at radius 3 is 1.02 bits per heavy atom. The zero-order valence-corrected chi connectivity index (χ0v) is 73.8. The van der Waals surface area contributed by atoms with Gasteiger partial charge in [-0.3, -0.25) is 4.68 Å². The summed E-state index contributed by atoms with van der Waals surface area (Å²) in [6.45, 7) is 7.96. The van der Waals surface area contributed by atoms with Gasteiger partial charge in [-0.1, -0.05) is 104 Å². The van der Waals surface area contributed by atoms with Gasteiger partial charge in [0.15, 0.2) is 39.3 Å². The number of benzene rings is 11. The number of hydrogen-bond donors (Lipinski definition) is 5. The quantitative estimate of drug-likeness (QED) is 0.0191. The Morgan fingerprint density at radius 2 is 0.697 bits per heavy atom. The first-order valence-electron chi connectivity index (χ1n) is 38.5. The number of methoxy groups -OCH3 is 4. The summed E-state index contributed by atoms with van der Waals surface area (Å²) >= 11 is 0. The molecule has 11 aromatic carbocycles. The molecule has 0 aliphatic carbocycles. The van der Waals surface area contributed by atoms with Crippen LogP contribution in [-0.2, 0) is 93.6 Å². The minimum Gasteiger partial charge on any atom is -0.495 e. The molecule has 0 amide bonds. The molecule has 23 nitrogen and oxygen atoms in total. The van der Waals surface area contributed by atoms with E-state index in [0.717, 1.165) is 83.9 Å². The molecule has 39 heteroatoms. The summed E-state index contributed by atoms with van der Waals surface area (Å²) in [5, 5.41) is 41.1. The lowest BCUT2D eigenvalue weighted by Crippen LogP contribution is -2.13. The van der Waals surface area contributed by atoms with E-state index in [2.05, 4.69) is 17.1 Å². The van der Waals surface area contributed by atoms with Gasteiger partial charge in [0.25, 0.3) is 0 Å². The van der Waals surface area contributed by atoms with Crippen LogP contribution in [0.25, 0.3) is 44.6 Å². The van der Waals surface area contributed by atoms with Crippen LogP contribution in [0.1, 0.15) is 116 Å². The number of carboxylic acid groups (broad SMARTS) is 4. The van der Waals surface area contributed by atoms with E-state index >= 15 is 0 Å². The highest BCUT2D eigenvalue weighted by molar-refractivity contribution is 7.91. The van der Waals surface area contributed by atoms with E-state index in [1.807, 2.05) is 26.8 Å². The summed E-state index contributed by atoms with van der Waals surface area (Å²) in [6.07, 6.45) is -17.2. The van der Waals surface area contributed by atoms with Crippen LogP contribution in [0.4, 0.5) is 52.7 Å². The van der Waals surface area contributed by atoms with E-state index in [-0.39, 0.29) is 84.6 Å². The molecule has 1 aromatic heterocycles. The number of hydrogen-bond acceptors (Lipinski definition) is 18. The van der Waals surface area contributed by atoms with Crippen LogP contribution in [0.2, 0.25) is 0 Å². The van der Waals surface area contributed by atoms with E-state index in [4.69, 9.17) is 24.7 Å². The van der Waals surface area contributed by atoms with Crippen LogP contribution in [0.3, 0.4) is 0 Å². The Morgan fingerprint density at radius 1 is 0.379 bits per heavy atom. The third kappa shape index (κ3) is 25.4. The maximum Gasteiger partial charge on any atom is 0.416 e. The zero-order chi connectivity index (χ0) is 97.7. The number of aromatic carboxylic acids is 4. The van der Waals surface area contributed by atoms with Gasteiger partial charge in [-0.05, 0) is 226 Å². The van der Waals surface area contributed by atoms with Gasteiger partial charge in [-0.2, -0.15) is 57.8 Å². The Kier molecular flexibility index (Phi) is 31.9. The molecule has 1 heterocycles. The van der Waals surface area contributed by atoms with Crippen LogP contribution < -0.4 is 24.7 Å². The summed E-state index contributed by atoms with van der Waals surface area (Å²) in [7, 11) is -12.3. The van der Waals surface area contributed by atoms with Crippen LogP contribution in [0.5, 0.6) is 23.0 Å². The molecule has 0 spiro atoms. The highest BCUT2D eigenvalue weighted by Gasteiger charge is 2.38. The van der Waals surface area contributed by atoms with Crippen molar-refractivity contribution in [2.45, 2.75) is 102 Å². The number of nitrogens with zero attached hydrogens (tertiary/aromatic N) is 2. The van der Waals surface area contributed by atoms with E-state index in [1.54, 1.807) is 84.4 Å². The van der Waals surface area contributed by atoms with Crippen molar-refractivity contribution in [2.24, 2.45) is 11.7 Å². The van der Waals surface area contributed by atoms with Gasteiger partial charge in [0.05, 0.1) is 102 Å². The smallest absolute Gasteiger partial charge is 0.416 e. The molecule has 0 aliphatic heterocycles. The normalized spacial score (nSPS) is 11.9. The van der Waals surface area contributed by atoms with Crippen LogP contribution in [-0.4, -0.2) is 116 Å². The SMILES string of the molecule is COc1ccc(C(=O)O)cc1S(=O)(=O)Cc1cc(C(F)(F)F)ccc1-c1cccc(C#CN)c1.COc1ccc(C(=O)O)cc1S(=O)(=O)Cc1cc(C(F)(F)F)ccc1-c1cccc(C)c1.COc1ccc(C(=O)O)cc1S(=O)(=O)Cc1cc(C(F)(F)F)ccc1-c1ccccc1C.COc1ccc(C(=O)O)cc1S(=O)(=O)Cc1cc(C(F)(F)F)ccc1-c1ccnn1CC(C)C. The van der Waals surface area contributed by atoms with Crippen molar-refractivity contribution in [3.05, 3.63) is 314 Å². The Labute approximate surface area is 749 Å².